The van der Waals surface area contributed by atoms with E-state index in [0.29, 0.717) is 18.3 Å². The van der Waals surface area contributed by atoms with Gasteiger partial charge in [0.25, 0.3) is 0 Å². The van der Waals surface area contributed by atoms with Crippen LogP contribution in [0.2, 0.25) is 0 Å². The van der Waals surface area contributed by atoms with Crippen molar-refractivity contribution in [3.05, 3.63) is 0 Å². The SMILES string of the molecule is CSCCC(=O)NCC1CCCCC1CCl. The fourth-order valence-electron chi connectivity index (χ4n) is 2.28. The second-order valence-corrected chi connectivity index (χ2v) is 5.80. The summed E-state index contributed by atoms with van der Waals surface area (Å²) in [5.41, 5.74) is 0. The summed E-state index contributed by atoms with van der Waals surface area (Å²) in [6.45, 7) is 0.824. The van der Waals surface area contributed by atoms with Gasteiger partial charge in [-0.15, -0.1) is 11.6 Å². The predicted molar refractivity (Wildman–Crippen MR) is 72.2 cm³/mol. The molecule has 0 aromatic carbocycles. The first-order chi connectivity index (χ1) is 7.77. The zero-order valence-electron chi connectivity index (χ0n) is 10.0. The van der Waals surface area contributed by atoms with Gasteiger partial charge in [0.1, 0.15) is 0 Å². The molecule has 1 saturated carbocycles. The lowest BCUT2D eigenvalue weighted by molar-refractivity contribution is -0.121. The Hall–Kier alpha value is 0.110. The maximum Gasteiger partial charge on any atom is 0.220 e. The van der Waals surface area contributed by atoms with Gasteiger partial charge in [-0.3, -0.25) is 4.79 Å². The van der Waals surface area contributed by atoms with E-state index in [9.17, 15) is 4.79 Å². The Kier molecular flexibility index (Phi) is 7.30. The Labute approximate surface area is 108 Å². The number of thioether (sulfide) groups is 1. The Morgan fingerprint density at radius 3 is 2.69 bits per heavy atom. The van der Waals surface area contributed by atoms with Gasteiger partial charge in [0.15, 0.2) is 0 Å². The topological polar surface area (TPSA) is 29.1 Å². The monoisotopic (exact) mass is 263 g/mol. The number of halogens is 1. The van der Waals surface area contributed by atoms with Gasteiger partial charge in [-0.1, -0.05) is 12.8 Å². The molecule has 0 bridgehead atoms. The molecule has 94 valence electrons. The normalized spacial score (nSPS) is 25.4. The minimum absolute atomic E-state index is 0.188. The number of hydrogen-bond donors (Lipinski definition) is 1. The average molecular weight is 264 g/mol. The molecule has 2 atom stereocenters. The lowest BCUT2D eigenvalue weighted by atomic mass is 9.80. The fraction of sp³-hybridized carbons (Fsp3) is 0.917. The second kappa shape index (κ2) is 8.24. The first kappa shape index (κ1) is 14.2. The number of alkyl halides is 1. The predicted octanol–water partition coefficient (Wildman–Crippen LogP) is 2.90. The van der Waals surface area contributed by atoms with Crippen LogP contribution in [-0.4, -0.2) is 30.3 Å². The van der Waals surface area contributed by atoms with Gasteiger partial charge in [-0.05, 0) is 30.9 Å². The highest BCUT2D eigenvalue weighted by atomic mass is 35.5. The molecule has 0 aromatic heterocycles. The fourth-order valence-corrected chi connectivity index (χ4v) is 3.08. The van der Waals surface area contributed by atoms with E-state index in [1.165, 1.54) is 25.7 Å². The summed E-state index contributed by atoms with van der Waals surface area (Å²) in [4.78, 5) is 11.5. The van der Waals surface area contributed by atoms with Crippen LogP contribution in [0.15, 0.2) is 0 Å². The summed E-state index contributed by atoms with van der Waals surface area (Å²) in [5.74, 6) is 3.05. The smallest absolute Gasteiger partial charge is 0.220 e. The number of hydrogen-bond acceptors (Lipinski definition) is 2. The van der Waals surface area contributed by atoms with Crippen molar-refractivity contribution in [3.63, 3.8) is 0 Å². The summed E-state index contributed by atoms with van der Waals surface area (Å²) >= 11 is 7.67. The van der Waals surface area contributed by atoms with Crippen LogP contribution < -0.4 is 5.32 Å². The maximum atomic E-state index is 11.5. The molecule has 1 aliphatic rings. The van der Waals surface area contributed by atoms with Gasteiger partial charge in [-0.2, -0.15) is 11.8 Å². The lowest BCUT2D eigenvalue weighted by Crippen LogP contribution is -2.35. The van der Waals surface area contributed by atoms with E-state index in [0.717, 1.165) is 18.2 Å². The largest absolute Gasteiger partial charge is 0.356 e. The molecular formula is C12H22ClNOS. The van der Waals surface area contributed by atoms with Crippen molar-refractivity contribution in [2.45, 2.75) is 32.1 Å². The number of nitrogens with one attached hydrogen (secondary N) is 1. The van der Waals surface area contributed by atoms with Crippen LogP contribution >= 0.6 is 23.4 Å². The molecule has 4 heteroatoms. The van der Waals surface area contributed by atoms with Gasteiger partial charge in [-0.25, -0.2) is 0 Å². The Bertz CT molecular complexity index is 213. The zero-order valence-corrected chi connectivity index (χ0v) is 11.6. The molecular weight excluding hydrogens is 242 g/mol. The third-order valence-electron chi connectivity index (χ3n) is 3.36. The van der Waals surface area contributed by atoms with Crippen molar-refractivity contribution in [2.24, 2.45) is 11.8 Å². The van der Waals surface area contributed by atoms with Crippen LogP contribution in [0.5, 0.6) is 0 Å². The van der Waals surface area contributed by atoms with Crippen molar-refractivity contribution in [1.82, 2.24) is 5.32 Å². The van der Waals surface area contributed by atoms with Crippen molar-refractivity contribution in [2.75, 3.05) is 24.4 Å². The number of carbonyl (C=O) groups excluding carboxylic acids is 1. The van der Waals surface area contributed by atoms with Crippen LogP contribution in [-0.2, 0) is 4.79 Å². The summed E-state index contributed by atoms with van der Waals surface area (Å²) in [7, 11) is 0. The van der Waals surface area contributed by atoms with Crippen molar-refractivity contribution in [1.29, 1.82) is 0 Å². The molecule has 0 spiro atoms. The molecule has 1 aliphatic carbocycles. The third kappa shape index (κ3) is 4.96. The van der Waals surface area contributed by atoms with Gasteiger partial charge >= 0.3 is 0 Å². The minimum Gasteiger partial charge on any atom is -0.356 e. The van der Waals surface area contributed by atoms with E-state index in [1.54, 1.807) is 11.8 Å². The standard InChI is InChI=1S/C12H22ClNOS/c1-16-7-6-12(15)14-9-11-5-3-2-4-10(11)8-13/h10-11H,2-9H2,1H3,(H,14,15). The average Bonchev–Trinajstić information content (AvgIpc) is 2.34. The van der Waals surface area contributed by atoms with Crippen molar-refractivity contribution >= 4 is 29.3 Å². The first-order valence-electron chi connectivity index (χ1n) is 6.09. The molecule has 2 unspecified atom stereocenters. The Morgan fingerprint density at radius 2 is 2.06 bits per heavy atom. The molecule has 0 saturated heterocycles. The van der Waals surface area contributed by atoms with E-state index in [-0.39, 0.29) is 5.91 Å². The molecule has 1 amide bonds. The zero-order chi connectivity index (χ0) is 11.8. The first-order valence-corrected chi connectivity index (χ1v) is 8.02. The molecule has 2 nitrogen and oxygen atoms in total. The van der Waals surface area contributed by atoms with E-state index in [1.807, 2.05) is 6.26 Å². The lowest BCUT2D eigenvalue weighted by Gasteiger charge is -2.30. The minimum atomic E-state index is 0.188. The van der Waals surface area contributed by atoms with E-state index in [4.69, 9.17) is 11.6 Å². The molecule has 0 heterocycles. The van der Waals surface area contributed by atoms with Crippen LogP contribution in [0, 0.1) is 11.8 Å². The number of carbonyl (C=O) groups is 1. The summed E-state index contributed by atoms with van der Waals surface area (Å²) in [6, 6.07) is 0. The van der Waals surface area contributed by atoms with E-state index < -0.39 is 0 Å². The highest BCUT2D eigenvalue weighted by molar-refractivity contribution is 7.98. The molecule has 0 aromatic rings. The summed E-state index contributed by atoms with van der Waals surface area (Å²) in [5, 5.41) is 3.04. The Balaban J connectivity index is 2.21. The van der Waals surface area contributed by atoms with Gasteiger partial charge < -0.3 is 5.32 Å². The highest BCUT2D eigenvalue weighted by Gasteiger charge is 2.24. The number of rotatable bonds is 6. The van der Waals surface area contributed by atoms with Crippen molar-refractivity contribution < 1.29 is 4.79 Å². The second-order valence-electron chi connectivity index (χ2n) is 4.51. The van der Waals surface area contributed by atoms with Crippen LogP contribution in [0.1, 0.15) is 32.1 Å². The van der Waals surface area contributed by atoms with Gasteiger partial charge in [0.2, 0.25) is 5.91 Å². The molecule has 1 rings (SSSR count). The van der Waals surface area contributed by atoms with E-state index in [2.05, 4.69) is 5.32 Å². The highest BCUT2D eigenvalue weighted by Crippen LogP contribution is 2.30. The molecule has 0 aliphatic heterocycles. The van der Waals surface area contributed by atoms with Gasteiger partial charge in [0, 0.05) is 24.6 Å². The molecule has 1 fully saturated rings. The van der Waals surface area contributed by atoms with E-state index >= 15 is 0 Å². The van der Waals surface area contributed by atoms with Gasteiger partial charge in [0.05, 0.1) is 0 Å². The van der Waals surface area contributed by atoms with Crippen LogP contribution in [0.3, 0.4) is 0 Å². The van der Waals surface area contributed by atoms with Crippen LogP contribution in [0.4, 0.5) is 0 Å². The summed E-state index contributed by atoms with van der Waals surface area (Å²) < 4.78 is 0. The quantitative estimate of drug-likeness (QED) is 0.747. The maximum absolute atomic E-state index is 11.5. The third-order valence-corrected chi connectivity index (χ3v) is 4.37. The molecule has 1 N–H and O–H groups in total. The van der Waals surface area contributed by atoms with Crippen molar-refractivity contribution in [3.8, 4) is 0 Å². The summed E-state index contributed by atoms with van der Waals surface area (Å²) in [6.07, 6.45) is 7.71. The Morgan fingerprint density at radius 1 is 1.38 bits per heavy atom. The van der Waals surface area contributed by atoms with Crippen LogP contribution in [0.25, 0.3) is 0 Å². The molecule has 0 radical (unpaired) electrons. The number of amides is 1. The molecule has 16 heavy (non-hydrogen) atoms.